The van der Waals surface area contributed by atoms with E-state index in [1.165, 1.54) is 0 Å². The van der Waals surface area contributed by atoms with Crippen molar-refractivity contribution in [3.8, 4) is 5.75 Å². The Hall–Kier alpha value is -2.08. The molecule has 0 saturated carbocycles. The fraction of sp³-hybridized carbons (Fsp3) is 0.529. The third-order valence-corrected chi connectivity index (χ3v) is 4.39. The predicted octanol–water partition coefficient (Wildman–Crippen LogP) is 0.963. The summed E-state index contributed by atoms with van der Waals surface area (Å²) in [4.78, 5) is 28.3. The van der Waals surface area contributed by atoms with E-state index < -0.39 is 0 Å². The molecule has 6 nitrogen and oxygen atoms in total. The number of hydrogen-bond donors (Lipinski definition) is 1. The van der Waals surface area contributed by atoms with Gasteiger partial charge in [0.15, 0.2) is 0 Å². The Kier molecular flexibility index (Phi) is 5.60. The zero-order valence-electron chi connectivity index (χ0n) is 14.0. The Morgan fingerprint density at radius 2 is 1.57 bits per heavy atom. The summed E-state index contributed by atoms with van der Waals surface area (Å²) >= 11 is 0. The van der Waals surface area contributed by atoms with Crippen molar-refractivity contribution in [2.75, 3.05) is 33.3 Å². The first-order valence-electron chi connectivity index (χ1n) is 7.91. The second-order valence-electron chi connectivity index (χ2n) is 5.99. The molecule has 126 valence electrons. The predicted molar refractivity (Wildman–Crippen MR) is 88.3 cm³/mol. The molecule has 1 heterocycles. The first-order chi connectivity index (χ1) is 10.9. The molecule has 1 aliphatic heterocycles. The van der Waals surface area contributed by atoms with Crippen LogP contribution < -0.4 is 10.5 Å². The molecule has 0 spiro atoms. The molecule has 1 fully saturated rings. The number of amides is 2. The fourth-order valence-electron chi connectivity index (χ4n) is 2.56. The summed E-state index contributed by atoms with van der Waals surface area (Å²) in [5.41, 5.74) is 6.43. The maximum Gasteiger partial charge on any atom is 0.253 e. The topological polar surface area (TPSA) is 75.9 Å². The minimum atomic E-state index is -0.196. The minimum Gasteiger partial charge on any atom is -0.497 e. The van der Waals surface area contributed by atoms with Gasteiger partial charge in [0.2, 0.25) is 5.91 Å². The SMILES string of the molecule is COc1ccc(C(=O)N2CCN(C(=O)C(C)C(C)N)CC2)cc1. The van der Waals surface area contributed by atoms with Gasteiger partial charge < -0.3 is 20.3 Å². The lowest BCUT2D eigenvalue weighted by Gasteiger charge is -2.36. The molecule has 1 aromatic rings. The summed E-state index contributed by atoms with van der Waals surface area (Å²) in [6.07, 6.45) is 0. The van der Waals surface area contributed by atoms with Crippen LogP contribution in [0, 0.1) is 5.92 Å². The summed E-state index contributed by atoms with van der Waals surface area (Å²) in [6.45, 7) is 5.88. The van der Waals surface area contributed by atoms with E-state index >= 15 is 0 Å². The molecule has 0 aliphatic carbocycles. The number of nitrogens with zero attached hydrogens (tertiary/aromatic N) is 2. The van der Waals surface area contributed by atoms with Crippen LogP contribution in [-0.4, -0.2) is 60.9 Å². The molecule has 23 heavy (non-hydrogen) atoms. The van der Waals surface area contributed by atoms with Crippen molar-refractivity contribution in [3.05, 3.63) is 29.8 Å². The summed E-state index contributed by atoms with van der Waals surface area (Å²) in [5.74, 6) is 0.581. The molecule has 2 rings (SSSR count). The van der Waals surface area contributed by atoms with Crippen LogP contribution in [0.3, 0.4) is 0 Å². The Morgan fingerprint density at radius 1 is 1.04 bits per heavy atom. The average molecular weight is 319 g/mol. The highest BCUT2D eigenvalue weighted by Crippen LogP contribution is 2.15. The van der Waals surface area contributed by atoms with Gasteiger partial charge >= 0.3 is 0 Å². The van der Waals surface area contributed by atoms with Crippen LogP contribution in [0.1, 0.15) is 24.2 Å². The van der Waals surface area contributed by atoms with Gasteiger partial charge in [0.05, 0.1) is 13.0 Å². The summed E-state index contributed by atoms with van der Waals surface area (Å²) in [5, 5.41) is 0. The molecule has 2 amide bonds. The molecule has 1 aromatic carbocycles. The van der Waals surface area contributed by atoms with Gasteiger partial charge in [-0.3, -0.25) is 9.59 Å². The van der Waals surface area contributed by atoms with Gasteiger partial charge in [-0.1, -0.05) is 6.92 Å². The van der Waals surface area contributed by atoms with Gasteiger partial charge in [0.1, 0.15) is 5.75 Å². The van der Waals surface area contributed by atoms with Gasteiger partial charge in [-0.15, -0.1) is 0 Å². The highest BCUT2D eigenvalue weighted by Gasteiger charge is 2.28. The van der Waals surface area contributed by atoms with Crippen molar-refractivity contribution in [2.24, 2.45) is 11.7 Å². The quantitative estimate of drug-likeness (QED) is 0.897. The Balaban J connectivity index is 1.93. The van der Waals surface area contributed by atoms with Gasteiger partial charge in [-0.25, -0.2) is 0 Å². The summed E-state index contributed by atoms with van der Waals surface area (Å²) < 4.78 is 5.10. The number of ether oxygens (including phenoxy) is 1. The molecule has 1 aliphatic rings. The molecule has 1 saturated heterocycles. The molecule has 6 heteroatoms. The Labute approximate surface area is 137 Å². The van der Waals surface area contributed by atoms with Crippen molar-refractivity contribution in [3.63, 3.8) is 0 Å². The van der Waals surface area contributed by atoms with E-state index in [1.54, 1.807) is 41.2 Å². The Morgan fingerprint density at radius 3 is 2.04 bits per heavy atom. The zero-order chi connectivity index (χ0) is 17.0. The van der Waals surface area contributed by atoms with Gasteiger partial charge in [0.25, 0.3) is 5.91 Å². The number of nitrogens with two attached hydrogens (primary N) is 1. The van der Waals surface area contributed by atoms with Crippen LogP contribution in [0.4, 0.5) is 0 Å². The normalized spacial score (nSPS) is 17.6. The van der Waals surface area contributed by atoms with E-state index in [2.05, 4.69) is 0 Å². The van der Waals surface area contributed by atoms with Crippen molar-refractivity contribution in [1.82, 2.24) is 9.80 Å². The van der Waals surface area contributed by atoms with Crippen molar-refractivity contribution in [2.45, 2.75) is 19.9 Å². The van der Waals surface area contributed by atoms with Crippen LogP contribution in [0.2, 0.25) is 0 Å². The second-order valence-corrected chi connectivity index (χ2v) is 5.99. The molecule has 2 N–H and O–H groups in total. The van der Waals surface area contributed by atoms with Crippen molar-refractivity contribution < 1.29 is 14.3 Å². The molecule has 0 radical (unpaired) electrons. The standard InChI is InChI=1S/C17H25N3O3/c1-12(13(2)18)16(21)19-8-10-20(11-9-19)17(22)14-4-6-15(23-3)7-5-14/h4-7,12-13H,8-11,18H2,1-3H3. The number of carbonyl (C=O) groups excluding carboxylic acids is 2. The van der Waals surface area contributed by atoms with Crippen molar-refractivity contribution in [1.29, 1.82) is 0 Å². The highest BCUT2D eigenvalue weighted by atomic mass is 16.5. The third-order valence-electron chi connectivity index (χ3n) is 4.39. The molecule has 2 unspecified atom stereocenters. The van der Waals surface area contributed by atoms with Gasteiger partial charge in [0, 0.05) is 37.8 Å². The molecular formula is C17H25N3O3. The maximum absolute atomic E-state index is 12.5. The number of hydrogen-bond acceptors (Lipinski definition) is 4. The lowest BCUT2D eigenvalue weighted by Crippen LogP contribution is -2.53. The first-order valence-corrected chi connectivity index (χ1v) is 7.91. The largest absolute Gasteiger partial charge is 0.497 e. The number of rotatable bonds is 4. The Bertz CT molecular complexity index is 549. The number of methoxy groups -OCH3 is 1. The van der Waals surface area contributed by atoms with E-state index in [1.807, 2.05) is 13.8 Å². The van der Waals surface area contributed by atoms with E-state index in [4.69, 9.17) is 10.5 Å². The summed E-state index contributed by atoms with van der Waals surface area (Å²) in [7, 11) is 1.59. The van der Waals surface area contributed by atoms with E-state index in [0.717, 1.165) is 5.75 Å². The molecular weight excluding hydrogens is 294 g/mol. The second kappa shape index (κ2) is 7.46. The van der Waals surface area contributed by atoms with Crippen LogP contribution in [0.25, 0.3) is 0 Å². The van der Waals surface area contributed by atoms with E-state index in [-0.39, 0.29) is 23.8 Å². The van der Waals surface area contributed by atoms with Crippen LogP contribution >= 0.6 is 0 Å². The summed E-state index contributed by atoms with van der Waals surface area (Å²) in [6, 6.07) is 6.91. The zero-order valence-corrected chi connectivity index (χ0v) is 14.0. The van der Waals surface area contributed by atoms with Gasteiger partial charge in [-0.05, 0) is 31.2 Å². The first kappa shape index (κ1) is 17.3. The van der Waals surface area contributed by atoms with Crippen LogP contribution in [0.5, 0.6) is 5.75 Å². The number of benzene rings is 1. The van der Waals surface area contributed by atoms with Crippen molar-refractivity contribution >= 4 is 11.8 Å². The lowest BCUT2D eigenvalue weighted by molar-refractivity contribution is -0.137. The van der Waals surface area contributed by atoms with E-state index in [9.17, 15) is 9.59 Å². The highest BCUT2D eigenvalue weighted by molar-refractivity contribution is 5.94. The molecule has 0 aromatic heterocycles. The minimum absolute atomic E-state index is 0.0139. The van der Waals surface area contributed by atoms with Crippen LogP contribution in [0.15, 0.2) is 24.3 Å². The third kappa shape index (κ3) is 4.01. The average Bonchev–Trinajstić information content (AvgIpc) is 2.60. The van der Waals surface area contributed by atoms with Gasteiger partial charge in [-0.2, -0.15) is 0 Å². The lowest BCUT2D eigenvalue weighted by atomic mass is 10.0. The molecule has 0 bridgehead atoms. The monoisotopic (exact) mass is 319 g/mol. The fourth-order valence-corrected chi connectivity index (χ4v) is 2.56. The maximum atomic E-state index is 12.5. The number of piperazine rings is 1. The molecule has 2 atom stereocenters. The van der Waals surface area contributed by atoms with Crippen LogP contribution in [-0.2, 0) is 4.79 Å². The van der Waals surface area contributed by atoms with E-state index in [0.29, 0.717) is 31.7 Å². The smallest absolute Gasteiger partial charge is 0.253 e. The number of carbonyl (C=O) groups is 2.